The summed E-state index contributed by atoms with van der Waals surface area (Å²) in [6.07, 6.45) is 3.22. The number of rotatable bonds is 10. The van der Waals surface area contributed by atoms with Crippen LogP contribution in [0.4, 0.5) is 5.69 Å². The number of hydrogen-bond donors (Lipinski definition) is 3. The molecule has 138 valence electrons. The second-order valence-corrected chi connectivity index (χ2v) is 5.56. The number of benzene rings is 1. The lowest BCUT2D eigenvalue weighted by atomic mass is 10.2. The minimum atomic E-state index is -0.398. The highest BCUT2D eigenvalue weighted by atomic mass is 16.5. The van der Waals surface area contributed by atoms with Gasteiger partial charge in [-0.15, -0.1) is 0 Å². The Kier molecular flexibility index (Phi) is 9.74. The van der Waals surface area contributed by atoms with Crippen molar-refractivity contribution in [3.63, 3.8) is 0 Å². The Morgan fingerprint density at radius 1 is 0.840 bits per heavy atom. The largest absolute Gasteiger partial charge is 0.494 e. The van der Waals surface area contributed by atoms with Gasteiger partial charge in [0.25, 0.3) is 0 Å². The molecular weight excluding hydrogens is 322 g/mol. The number of anilines is 1. The summed E-state index contributed by atoms with van der Waals surface area (Å²) in [5, 5.41) is 2.70. The predicted molar refractivity (Wildman–Crippen MR) is 95.9 cm³/mol. The van der Waals surface area contributed by atoms with E-state index in [0.29, 0.717) is 18.7 Å². The van der Waals surface area contributed by atoms with Crippen molar-refractivity contribution in [1.29, 1.82) is 0 Å². The highest BCUT2D eigenvalue weighted by Gasteiger charge is 2.08. The molecule has 0 bridgehead atoms. The average molecular weight is 349 g/mol. The van der Waals surface area contributed by atoms with E-state index in [4.69, 9.17) is 4.74 Å². The maximum absolute atomic E-state index is 11.8. The van der Waals surface area contributed by atoms with Gasteiger partial charge in [0, 0.05) is 24.9 Å². The van der Waals surface area contributed by atoms with Gasteiger partial charge in [-0.05, 0) is 37.6 Å². The Labute approximate surface area is 148 Å². The van der Waals surface area contributed by atoms with Crippen molar-refractivity contribution in [2.24, 2.45) is 0 Å². The Hall–Kier alpha value is -2.57. The van der Waals surface area contributed by atoms with Crippen molar-refractivity contribution in [3.8, 4) is 5.75 Å². The van der Waals surface area contributed by atoms with Crippen molar-refractivity contribution < 1.29 is 19.1 Å². The number of ether oxygens (including phenoxy) is 1. The minimum Gasteiger partial charge on any atom is -0.494 e. The predicted octanol–water partition coefficient (Wildman–Crippen LogP) is 2.53. The molecule has 0 heterocycles. The van der Waals surface area contributed by atoms with Crippen molar-refractivity contribution in [3.05, 3.63) is 24.3 Å². The van der Waals surface area contributed by atoms with Gasteiger partial charge >= 0.3 is 0 Å². The highest BCUT2D eigenvalue weighted by Crippen LogP contribution is 2.15. The quantitative estimate of drug-likeness (QED) is 0.447. The third-order valence-electron chi connectivity index (χ3n) is 3.38. The molecule has 3 N–H and O–H groups in total. The van der Waals surface area contributed by atoms with Crippen molar-refractivity contribution in [2.75, 3.05) is 11.9 Å². The first-order chi connectivity index (χ1) is 12.0. The number of nitrogens with one attached hydrogen (secondary N) is 3. The van der Waals surface area contributed by atoms with Crippen LogP contribution < -0.4 is 20.9 Å². The second kappa shape index (κ2) is 11.9. The zero-order chi connectivity index (χ0) is 18.5. The first-order valence-corrected chi connectivity index (χ1v) is 8.65. The van der Waals surface area contributed by atoms with Gasteiger partial charge in [-0.1, -0.05) is 19.8 Å². The molecule has 0 radical (unpaired) electrons. The summed E-state index contributed by atoms with van der Waals surface area (Å²) < 4.78 is 5.32. The van der Waals surface area contributed by atoms with Crippen molar-refractivity contribution >= 4 is 23.4 Å². The SMILES string of the molecule is CCCCCC(=O)NNC(=O)CCC(=O)Nc1ccc(OCC)cc1. The Morgan fingerprint density at radius 3 is 2.04 bits per heavy atom. The van der Waals surface area contributed by atoms with Gasteiger partial charge in [-0.3, -0.25) is 25.2 Å². The maximum Gasteiger partial charge on any atom is 0.238 e. The molecule has 0 aliphatic heterocycles. The van der Waals surface area contributed by atoms with Crippen LogP contribution in [0.5, 0.6) is 5.75 Å². The van der Waals surface area contributed by atoms with E-state index in [2.05, 4.69) is 23.1 Å². The topological polar surface area (TPSA) is 96.5 Å². The Bertz CT molecular complexity index is 558. The molecule has 25 heavy (non-hydrogen) atoms. The molecule has 0 aromatic heterocycles. The number of amides is 3. The molecule has 7 nitrogen and oxygen atoms in total. The van der Waals surface area contributed by atoms with Crippen LogP contribution in [0.2, 0.25) is 0 Å². The van der Waals surface area contributed by atoms with E-state index >= 15 is 0 Å². The summed E-state index contributed by atoms with van der Waals surface area (Å²) >= 11 is 0. The van der Waals surface area contributed by atoms with E-state index in [1.807, 2.05) is 6.92 Å². The van der Waals surface area contributed by atoms with Gasteiger partial charge in [0.15, 0.2) is 0 Å². The smallest absolute Gasteiger partial charge is 0.238 e. The minimum absolute atomic E-state index is 0.00188. The van der Waals surface area contributed by atoms with Crippen LogP contribution in [-0.2, 0) is 14.4 Å². The number of carbonyl (C=O) groups is 3. The van der Waals surface area contributed by atoms with Gasteiger partial charge in [0.2, 0.25) is 17.7 Å². The summed E-state index contributed by atoms with van der Waals surface area (Å²) in [6, 6.07) is 7.00. The van der Waals surface area contributed by atoms with Crippen LogP contribution in [0.1, 0.15) is 52.4 Å². The summed E-state index contributed by atoms with van der Waals surface area (Å²) in [7, 11) is 0. The zero-order valence-corrected chi connectivity index (χ0v) is 14.9. The van der Waals surface area contributed by atoms with Gasteiger partial charge in [0.1, 0.15) is 5.75 Å². The van der Waals surface area contributed by atoms with Gasteiger partial charge in [-0.2, -0.15) is 0 Å². The van der Waals surface area contributed by atoms with Crippen LogP contribution in [-0.4, -0.2) is 24.3 Å². The van der Waals surface area contributed by atoms with E-state index in [9.17, 15) is 14.4 Å². The van der Waals surface area contributed by atoms with E-state index < -0.39 is 5.91 Å². The maximum atomic E-state index is 11.8. The summed E-state index contributed by atoms with van der Waals surface area (Å²) in [5.74, 6) is -0.158. The fraction of sp³-hybridized carbons (Fsp3) is 0.500. The molecule has 0 aliphatic rings. The normalized spacial score (nSPS) is 10.0. The molecule has 0 spiro atoms. The molecule has 0 saturated carbocycles. The molecule has 0 aliphatic carbocycles. The lowest BCUT2D eigenvalue weighted by Gasteiger charge is -2.08. The average Bonchev–Trinajstić information content (AvgIpc) is 2.60. The first-order valence-electron chi connectivity index (χ1n) is 8.65. The van der Waals surface area contributed by atoms with Gasteiger partial charge in [-0.25, -0.2) is 0 Å². The van der Waals surface area contributed by atoms with Crippen LogP contribution in [0.15, 0.2) is 24.3 Å². The zero-order valence-electron chi connectivity index (χ0n) is 14.9. The summed E-state index contributed by atoms with van der Waals surface area (Å²) in [5.41, 5.74) is 5.30. The van der Waals surface area contributed by atoms with E-state index in [1.165, 1.54) is 0 Å². The molecule has 1 rings (SSSR count). The molecule has 1 aromatic carbocycles. The van der Waals surface area contributed by atoms with Crippen molar-refractivity contribution in [2.45, 2.75) is 52.4 Å². The van der Waals surface area contributed by atoms with Crippen LogP contribution in [0.3, 0.4) is 0 Å². The fourth-order valence-electron chi connectivity index (χ4n) is 2.05. The number of hydrazine groups is 1. The van der Waals surface area contributed by atoms with E-state index in [1.54, 1.807) is 24.3 Å². The second-order valence-electron chi connectivity index (χ2n) is 5.56. The molecule has 0 fully saturated rings. The fourth-order valence-corrected chi connectivity index (χ4v) is 2.05. The van der Waals surface area contributed by atoms with Crippen molar-refractivity contribution in [1.82, 2.24) is 10.9 Å². The van der Waals surface area contributed by atoms with Gasteiger partial charge in [0.05, 0.1) is 6.61 Å². The molecule has 0 unspecified atom stereocenters. The van der Waals surface area contributed by atoms with E-state index in [-0.39, 0.29) is 24.7 Å². The molecule has 0 saturated heterocycles. The third kappa shape index (κ3) is 9.34. The highest BCUT2D eigenvalue weighted by molar-refractivity contribution is 5.93. The standard InChI is InChI=1S/C18H27N3O4/c1-3-5-6-7-17(23)20-21-18(24)13-12-16(22)19-14-8-10-15(11-9-14)25-4-2/h8-11H,3-7,12-13H2,1-2H3,(H,19,22)(H,20,23)(H,21,24). The summed E-state index contributed by atoms with van der Waals surface area (Å²) in [6.45, 7) is 4.53. The molecule has 1 aromatic rings. The van der Waals surface area contributed by atoms with Crippen LogP contribution in [0.25, 0.3) is 0 Å². The van der Waals surface area contributed by atoms with Crippen LogP contribution in [0, 0.1) is 0 Å². The van der Waals surface area contributed by atoms with Gasteiger partial charge < -0.3 is 10.1 Å². The number of carbonyl (C=O) groups excluding carboxylic acids is 3. The number of hydrogen-bond acceptors (Lipinski definition) is 4. The Balaban J connectivity index is 2.22. The summed E-state index contributed by atoms with van der Waals surface area (Å²) in [4.78, 5) is 34.9. The van der Waals surface area contributed by atoms with Crippen LogP contribution >= 0.6 is 0 Å². The molecular formula is C18H27N3O4. The lowest BCUT2D eigenvalue weighted by molar-refractivity contribution is -0.129. The molecule has 0 atom stereocenters. The van der Waals surface area contributed by atoms with E-state index in [0.717, 1.165) is 25.0 Å². The lowest BCUT2D eigenvalue weighted by Crippen LogP contribution is -2.41. The monoisotopic (exact) mass is 349 g/mol. The first kappa shape index (κ1) is 20.5. The molecule has 7 heteroatoms. The Morgan fingerprint density at radius 2 is 1.44 bits per heavy atom. The molecule has 3 amide bonds. The third-order valence-corrected chi connectivity index (χ3v) is 3.38. The number of unbranched alkanes of at least 4 members (excludes halogenated alkanes) is 2.